The van der Waals surface area contributed by atoms with Gasteiger partial charge in [-0.05, 0) is 43.4 Å². The number of nitrogens with two attached hydrogens (primary N) is 1. The Morgan fingerprint density at radius 1 is 1.23 bits per heavy atom. The van der Waals surface area contributed by atoms with Gasteiger partial charge in [-0.25, -0.2) is 9.78 Å². The van der Waals surface area contributed by atoms with E-state index < -0.39 is 11.2 Å². The Labute approximate surface area is 208 Å². The van der Waals surface area contributed by atoms with E-state index in [0.717, 1.165) is 34.6 Å². The van der Waals surface area contributed by atoms with Crippen molar-refractivity contribution in [2.24, 2.45) is 11.8 Å². The average Bonchev–Trinajstić information content (AvgIpc) is 3.41. The molecule has 1 aliphatic rings. The van der Waals surface area contributed by atoms with Gasteiger partial charge in [0.05, 0.1) is 22.8 Å². The molecule has 10 heteroatoms. The van der Waals surface area contributed by atoms with Crippen molar-refractivity contribution >= 4 is 39.0 Å². The van der Waals surface area contributed by atoms with Crippen LogP contribution in [0.15, 0.2) is 33.9 Å². The molecule has 0 bridgehead atoms. The number of rotatable bonds is 8. The molecule has 188 valence electrons. The molecule has 0 aliphatic carbocycles. The van der Waals surface area contributed by atoms with Gasteiger partial charge in [-0.3, -0.25) is 24.0 Å². The van der Waals surface area contributed by atoms with Gasteiger partial charge in [0.1, 0.15) is 10.8 Å². The second-order valence-electron chi connectivity index (χ2n) is 10.0. The lowest BCUT2D eigenvalue weighted by atomic mass is 10.2. The number of nitrogens with one attached hydrogen (secondary N) is 1. The summed E-state index contributed by atoms with van der Waals surface area (Å²) >= 11 is 1.66. The van der Waals surface area contributed by atoms with E-state index in [-0.39, 0.29) is 41.8 Å². The normalized spacial score (nSPS) is 16.6. The molecule has 1 atom stereocenters. The standard InChI is InChI=1S/C25H34N6O3S/c1-15(2)12-30(21-22(26)31(13-16(3)4)25(34)28-23(21)33)20(32)14-29-11-7-9-18(29)24-27-17-8-5-6-10-19(17)35-24/h5-6,8,10,15-16,18H,7,9,11-14,26H2,1-4H3,(H,28,33,34). The van der Waals surface area contributed by atoms with Gasteiger partial charge in [0, 0.05) is 13.1 Å². The first-order chi connectivity index (χ1) is 16.7. The highest BCUT2D eigenvalue weighted by Gasteiger charge is 2.33. The number of para-hydroxylation sites is 1. The number of anilines is 2. The Hall–Kier alpha value is -2.98. The number of fused-ring (bicyclic) bond motifs is 1. The molecule has 3 aromatic rings. The van der Waals surface area contributed by atoms with Crippen LogP contribution in [0, 0.1) is 11.8 Å². The number of aromatic nitrogens is 3. The average molecular weight is 499 g/mol. The molecule has 0 radical (unpaired) electrons. The van der Waals surface area contributed by atoms with E-state index in [1.807, 2.05) is 45.9 Å². The molecule has 3 N–H and O–H groups in total. The summed E-state index contributed by atoms with van der Waals surface area (Å²) in [5.41, 5.74) is 6.18. The minimum atomic E-state index is -0.634. The van der Waals surface area contributed by atoms with E-state index in [1.165, 1.54) is 9.47 Å². The summed E-state index contributed by atoms with van der Waals surface area (Å²) in [7, 11) is 0. The van der Waals surface area contributed by atoms with E-state index in [9.17, 15) is 14.4 Å². The molecular weight excluding hydrogens is 464 g/mol. The predicted octanol–water partition coefficient (Wildman–Crippen LogP) is 3.21. The Morgan fingerprint density at radius 3 is 2.66 bits per heavy atom. The number of carbonyl (C=O) groups excluding carboxylic acids is 1. The van der Waals surface area contributed by atoms with E-state index >= 15 is 0 Å². The molecule has 4 rings (SSSR count). The van der Waals surface area contributed by atoms with E-state index in [1.54, 1.807) is 11.3 Å². The first-order valence-corrected chi connectivity index (χ1v) is 13.0. The van der Waals surface area contributed by atoms with Crippen LogP contribution in [0.25, 0.3) is 10.2 Å². The number of carbonyl (C=O) groups is 1. The minimum absolute atomic E-state index is 0.0330. The number of nitrogen functional groups attached to an aromatic ring is 1. The summed E-state index contributed by atoms with van der Waals surface area (Å²) in [6.45, 7) is 9.49. The number of amides is 1. The Balaban J connectivity index is 1.65. The summed E-state index contributed by atoms with van der Waals surface area (Å²) in [5.74, 6) is 0.0632. The molecule has 1 fully saturated rings. The fourth-order valence-corrected chi connectivity index (χ4v) is 5.79. The zero-order valence-corrected chi connectivity index (χ0v) is 21.6. The van der Waals surface area contributed by atoms with Crippen LogP contribution in [0.2, 0.25) is 0 Å². The van der Waals surface area contributed by atoms with Crippen molar-refractivity contribution in [1.82, 2.24) is 19.4 Å². The molecule has 1 aromatic carbocycles. The third-order valence-electron chi connectivity index (χ3n) is 6.18. The number of hydrogen-bond donors (Lipinski definition) is 2. The Morgan fingerprint density at radius 2 is 1.97 bits per heavy atom. The van der Waals surface area contributed by atoms with Crippen LogP contribution in [-0.4, -0.2) is 45.0 Å². The number of likely N-dealkylation sites (tertiary alicyclic amines) is 1. The van der Waals surface area contributed by atoms with Gasteiger partial charge in [0.15, 0.2) is 5.69 Å². The minimum Gasteiger partial charge on any atom is -0.383 e. The van der Waals surface area contributed by atoms with Crippen LogP contribution in [0.5, 0.6) is 0 Å². The van der Waals surface area contributed by atoms with Crippen molar-refractivity contribution in [1.29, 1.82) is 0 Å². The number of nitrogens with zero attached hydrogens (tertiary/aromatic N) is 4. The second-order valence-corrected chi connectivity index (χ2v) is 11.1. The zero-order valence-electron chi connectivity index (χ0n) is 20.8. The number of thiazole rings is 1. The molecule has 35 heavy (non-hydrogen) atoms. The molecule has 1 aliphatic heterocycles. The van der Waals surface area contributed by atoms with Crippen molar-refractivity contribution < 1.29 is 4.79 Å². The number of benzene rings is 1. The number of H-pyrrole nitrogens is 1. The van der Waals surface area contributed by atoms with Crippen LogP contribution in [0.4, 0.5) is 11.5 Å². The molecule has 1 amide bonds. The molecule has 1 saturated heterocycles. The highest BCUT2D eigenvalue weighted by molar-refractivity contribution is 7.18. The molecule has 2 aromatic heterocycles. The van der Waals surface area contributed by atoms with Gasteiger partial charge in [-0.1, -0.05) is 39.8 Å². The van der Waals surface area contributed by atoms with Crippen molar-refractivity contribution in [3.05, 3.63) is 50.1 Å². The highest BCUT2D eigenvalue weighted by Crippen LogP contribution is 2.36. The fourth-order valence-electron chi connectivity index (χ4n) is 4.65. The smallest absolute Gasteiger partial charge is 0.330 e. The van der Waals surface area contributed by atoms with E-state index in [0.29, 0.717) is 13.1 Å². The third-order valence-corrected chi connectivity index (χ3v) is 7.32. The van der Waals surface area contributed by atoms with Gasteiger partial charge in [-0.2, -0.15) is 0 Å². The highest BCUT2D eigenvalue weighted by atomic mass is 32.1. The number of hydrogen-bond acceptors (Lipinski definition) is 7. The van der Waals surface area contributed by atoms with Gasteiger partial charge in [-0.15, -0.1) is 11.3 Å². The molecule has 1 unspecified atom stereocenters. The largest absolute Gasteiger partial charge is 0.383 e. The maximum Gasteiger partial charge on any atom is 0.330 e. The number of aromatic amines is 1. The fraction of sp³-hybridized carbons (Fsp3) is 0.520. The predicted molar refractivity (Wildman–Crippen MR) is 141 cm³/mol. The van der Waals surface area contributed by atoms with Crippen LogP contribution >= 0.6 is 11.3 Å². The first kappa shape index (κ1) is 25.1. The summed E-state index contributed by atoms with van der Waals surface area (Å²) in [5, 5.41) is 1.01. The van der Waals surface area contributed by atoms with E-state index in [2.05, 4.69) is 16.0 Å². The Bertz CT molecular complexity index is 1290. The molecule has 0 saturated carbocycles. The van der Waals surface area contributed by atoms with Crippen molar-refractivity contribution in [2.75, 3.05) is 30.3 Å². The Kier molecular flexibility index (Phi) is 7.42. The molecular formula is C25H34N6O3S. The van der Waals surface area contributed by atoms with Crippen molar-refractivity contribution in [3.63, 3.8) is 0 Å². The zero-order chi connectivity index (χ0) is 25.3. The topological polar surface area (TPSA) is 117 Å². The maximum atomic E-state index is 13.7. The van der Waals surface area contributed by atoms with Gasteiger partial charge >= 0.3 is 5.69 Å². The van der Waals surface area contributed by atoms with Crippen LogP contribution < -0.4 is 21.9 Å². The van der Waals surface area contributed by atoms with Crippen molar-refractivity contribution in [3.8, 4) is 0 Å². The lowest BCUT2D eigenvalue weighted by Gasteiger charge is -2.29. The van der Waals surface area contributed by atoms with E-state index in [4.69, 9.17) is 10.7 Å². The summed E-state index contributed by atoms with van der Waals surface area (Å²) in [6, 6.07) is 8.11. The third kappa shape index (κ3) is 5.33. The summed E-state index contributed by atoms with van der Waals surface area (Å²) in [4.78, 5) is 49.8. The monoisotopic (exact) mass is 498 g/mol. The maximum absolute atomic E-state index is 13.7. The SMILES string of the molecule is CC(C)CN(C(=O)CN1CCCC1c1nc2ccccc2s1)c1c(N)n(CC(C)C)c(=O)[nH]c1=O. The first-order valence-electron chi connectivity index (χ1n) is 12.2. The van der Waals surface area contributed by atoms with Crippen molar-refractivity contribution in [2.45, 2.75) is 53.1 Å². The molecule has 3 heterocycles. The lowest BCUT2D eigenvalue weighted by molar-refractivity contribution is -0.120. The van der Waals surface area contributed by atoms with Gasteiger partial charge in [0.2, 0.25) is 5.91 Å². The molecule has 9 nitrogen and oxygen atoms in total. The summed E-state index contributed by atoms with van der Waals surface area (Å²) < 4.78 is 2.48. The van der Waals surface area contributed by atoms with Gasteiger partial charge in [0.25, 0.3) is 5.56 Å². The van der Waals surface area contributed by atoms with Crippen LogP contribution in [0.1, 0.15) is 51.6 Å². The lowest BCUT2D eigenvalue weighted by Crippen LogP contribution is -2.46. The quantitative estimate of drug-likeness (QED) is 0.493. The van der Waals surface area contributed by atoms with Crippen LogP contribution in [-0.2, 0) is 11.3 Å². The van der Waals surface area contributed by atoms with Crippen LogP contribution in [0.3, 0.4) is 0 Å². The second kappa shape index (κ2) is 10.3. The summed E-state index contributed by atoms with van der Waals surface area (Å²) in [6.07, 6.45) is 1.90. The van der Waals surface area contributed by atoms with Gasteiger partial charge < -0.3 is 10.6 Å². The molecule has 0 spiro atoms.